The zero-order valence-electron chi connectivity index (χ0n) is 19.1. The van der Waals surface area contributed by atoms with E-state index in [1.807, 2.05) is 5.32 Å². The maximum absolute atomic E-state index is 12.6. The van der Waals surface area contributed by atoms with Crippen molar-refractivity contribution in [3.63, 3.8) is 0 Å². The van der Waals surface area contributed by atoms with Gasteiger partial charge in [-0.2, -0.15) is 0 Å². The Morgan fingerprint density at radius 3 is 1.66 bits per heavy atom. The highest BCUT2D eigenvalue weighted by Gasteiger charge is 2.31. The third kappa shape index (κ3) is 13.5. The standard InChI is InChI=1S/C19H32N6O10/c1-9(16(32)22-8-15(30)31)23-18(34)11(6-13(26)27)25-19(35)12(7-14(28)29)24-17(33)10(21)4-2-3-5-20/h9-12H,2-8,20-21H2,1H3,(H,22,32)(H,23,34)(H,24,33)(H,25,35)(H,26,27)(H,28,29)(H,30,31)/t9-,10-,11-,12-/m0/s1. The van der Waals surface area contributed by atoms with Gasteiger partial charge in [-0.15, -0.1) is 0 Å². The average Bonchev–Trinajstić information content (AvgIpc) is 2.75. The van der Waals surface area contributed by atoms with Gasteiger partial charge in [0.1, 0.15) is 24.7 Å². The lowest BCUT2D eigenvalue weighted by molar-refractivity contribution is -0.143. The van der Waals surface area contributed by atoms with Crippen LogP contribution in [0.5, 0.6) is 0 Å². The highest BCUT2D eigenvalue weighted by atomic mass is 16.4. The minimum Gasteiger partial charge on any atom is -0.481 e. The van der Waals surface area contributed by atoms with E-state index in [1.165, 1.54) is 6.92 Å². The SMILES string of the molecule is C[C@H](NC(=O)[C@H](CC(=O)O)NC(=O)[C@H](CC(=O)O)NC(=O)[C@@H](N)CCCCN)C(=O)NCC(=O)O. The van der Waals surface area contributed by atoms with E-state index >= 15 is 0 Å². The zero-order chi connectivity index (χ0) is 27.1. The van der Waals surface area contributed by atoms with Gasteiger partial charge < -0.3 is 48.1 Å². The van der Waals surface area contributed by atoms with E-state index in [4.69, 9.17) is 26.8 Å². The number of amides is 4. The van der Waals surface area contributed by atoms with Gasteiger partial charge in [0.2, 0.25) is 23.6 Å². The first-order valence-corrected chi connectivity index (χ1v) is 10.6. The molecule has 0 aliphatic rings. The number of hydrogen-bond acceptors (Lipinski definition) is 9. The van der Waals surface area contributed by atoms with Crippen LogP contribution in [0.4, 0.5) is 0 Å². The van der Waals surface area contributed by atoms with Gasteiger partial charge in [0.25, 0.3) is 0 Å². The van der Waals surface area contributed by atoms with Crippen molar-refractivity contribution in [2.45, 2.75) is 63.2 Å². The Labute approximate surface area is 200 Å². The molecule has 0 unspecified atom stereocenters. The number of carboxylic acids is 3. The van der Waals surface area contributed by atoms with Crippen molar-refractivity contribution in [2.75, 3.05) is 13.1 Å². The summed E-state index contributed by atoms with van der Waals surface area (Å²) in [5, 5.41) is 35.1. The fourth-order valence-corrected chi connectivity index (χ4v) is 2.65. The largest absolute Gasteiger partial charge is 0.481 e. The van der Waals surface area contributed by atoms with Gasteiger partial charge in [-0.25, -0.2) is 0 Å². The number of aliphatic carboxylic acids is 3. The summed E-state index contributed by atoms with van der Waals surface area (Å²) in [6, 6.07) is -5.79. The van der Waals surface area contributed by atoms with Crippen molar-refractivity contribution in [3.8, 4) is 0 Å². The number of carbonyl (C=O) groups excluding carboxylic acids is 4. The van der Waals surface area contributed by atoms with Crippen LogP contribution in [0, 0.1) is 0 Å². The molecule has 4 amide bonds. The van der Waals surface area contributed by atoms with Gasteiger partial charge in [-0.3, -0.25) is 33.6 Å². The summed E-state index contributed by atoms with van der Waals surface area (Å²) >= 11 is 0. The first-order valence-electron chi connectivity index (χ1n) is 10.6. The fourth-order valence-electron chi connectivity index (χ4n) is 2.65. The van der Waals surface area contributed by atoms with Crippen LogP contribution in [0.2, 0.25) is 0 Å². The smallest absolute Gasteiger partial charge is 0.322 e. The first-order chi connectivity index (χ1) is 16.3. The van der Waals surface area contributed by atoms with Crippen LogP contribution < -0.4 is 32.7 Å². The molecule has 16 nitrogen and oxygen atoms in total. The molecule has 11 N–H and O–H groups in total. The van der Waals surface area contributed by atoms with Crippen molar-refractivity contribution in [3.05, 3.63) is 0 Å². The highest BCUT2D eigenvalue weighted by molar-refractivity contribution is 5.97. The molecule has 0 radical (unpaired) electrons. The Morgan fingerprint density at radius 1 is 0.714 bits per heavy atom. The molecule has 0 bridgehead atoms. The average molecular weight is 504 g/mol. The van der Waals surface area contributed by atoms with Crippen molar-refractivity contribution < 1.29 is 48.9 Å². The van der Waals surface area contributed by atoms with E-state index in [0.717, 1.165) is 0 Å². The van der Waals surface area contributed by atoms with Crippen LogP contribution in [-0.2, 0) is 33.6 Å². The van der Waals surface area contributed by atoms with Gasteiger partial charge in [0.05, 0.1) is 18.9 Å². The number of hydrogen-bond donors (Lipinski definition) is 9. The maximum atomic E-state index is 12.6. The topological polar surface area (TPSA) is 280 Å². The lowest BCUT2D eigenvalue weighted by Gasteiger charge is -2.23. The Bertz CT molecular complexity index is 805. The highest BCUT2D eigenvalue weighted by Crippen LogP contribution is 2.03. The van der Waals surface area contributed by atoms with E-state index in [-0.39, 0.29) is 6.42 Å². The second kappa shape index (κ2) is 15.9. The molecule has 0 aromatic carbocycles. The summed E-state index contributed by atoms with van der Waals surface area (Å²) in [7, 11) is 0. The molecule has 0 aliphatic carbocycles. The molecule has 0 fully saturated rings. The van der Waals surface area contributed by atoms with Gasteiger partial charge in [0.15, 0.2) is 0 Å². The van der Waals surface area contributed by atoms with Crippen molar-refractivity contribution in [1.29, 1.82) is 0 Å². The van der Waals surface area contributed by atoms with E-state index < -0.39 is 85.1 Å². The summed E-state index contributed by atoms with van der Waals surface area (Å²) in [5.74, 6) is -8.30. The Morgan fingerprint density at radius 2 is 1.20 bits per heavy atom. The number of rotatable bonds is 17. The molecule has 0 spiro atoms. The van der Waals surface area contributed by atoms with Gasteiger partial charge in [-0.05, 0) is 26.3 Å². The fraction of sp³-hybridized carbons (Fsp3) is 0.632. The molecular weight excluding hydrogens is 472 g/mol. The summed E-state index contributed by atoms with van der Waals surface area (Å²) < 4.78 is 0. The molecular formula is C19H32N6O10. The van der Waals surface area contributed by atoms with Gasteiger partial charge in [-0.1, -0.05) is 6.42 Å². The molecule has 0 aliphatic heterocycles. The van der Waals surface area contributed by atoms with E-state index in [9.17, 15) is 33.6 Å². The van der Waals surface area contributed by atoms with E-state index in [0.29, 0.717) is 19.4 Å². The summed E-state index contributed by atoms with van der Waals surface area (Å²) in [4.78, 5) is 82.1. The summed E-state index contributed by atoms with van der Waals surface area (Å²) in [5.41, 5.74) is 11.1. The van der Waals surface area contributed by atoms with Crippen molar-refractivity contribution >= 4 is 41.5 Å². The van der Waals surface area contributed by atoms with Gasteiger partial charge >= 0.3 is 17.9 Å². The minimum absolute atomic E-state index is 0.219. The monoisotopic (exact) mass is 504 g/mol. The molecule has 0 heterocycles. The lowest BCUT2D eigenvalue weighted by atomic mass is 10.1. The molecule has 0 saturated carbocycles. The van der Waals surface area contributed by atoms with E-state index in [2.05, 4.69) is 16.0 Å². The Kier molecular flexibility index (Phi) is 14.2. The summed E-state index contributed by atoms with van der Waals surface area (Å²) in [6.07, 6.45) is -0.495. The number of carboxylic acid groups (broad SMARTS) is 3. The van der Waals surface area contributed by atoms with Crippen LogP contribution in [0.3, 0.4) is 0 Å². The molecule has 198 valence electrons. The van der Waals surface area contributed by atoms with Crippen LogP contribution in [0.25, 0.3) is 0 Å². The third-order valence-electron chi connectivity index (χ3n) is 4.50. The van der Waals surface area contributed by atoms with Crippen LogP contribution in [-0.4, -0.2) is 94.1 Å². The molecule has 0 rings (SSSR count). The Hall–Kier alpha value is -3.79. The predicted octanol–water partition coefficient (Wildman–Crippen LogP) is -3.93. The maximum Gasteiger partial charge on any atom is 0.322 e. The first kappa shape index (κ1) is 31.2. The molecule has 35 heavy (non-hydrogen) atoms. The normalized spacial score (nSPS) is 13.9. The van der Waals surface area contributed by atoms with Crippen LogP contribution in [0.1, 0.15) is 39.0 Å². The lowest BCUT2D eigenvalue weighted by Crippen LogP contribution is -2.58. The Balaban J connectivity index is 5.35. The zero-order valence-corrected chi connectivity index (χ0v) is 19.1. The van der Waals surface area contributed by atoms with E-state index in [1.54, 1.807) is 0 Å². The molecule has 16 heteroatoms. The number of carbonyl (C=O) groups is 7. The second-order valence-corrected chi connectivity index (χ2v) is 7.55. The minimum atomic E-state index is -1.75. The third-order valence-corrected chi connectivity index (χ3v) is 4.50. The number of unbranched alkanes of at least 4 members (excludes halogenated alkanes) is 1. The van der Waals surface area contributed by atoms with Crippen molar-refractivity contribution in [1.82, 2.24) is 21.3 Å². The van der Waals surface area contributed by atoms with Crippen LogP contribution in [0.15, 0.2) is 0 Å². The van der Waals surface area contributed by atoms with Gasteiger partial charge in [0, 0.05) is 0 Å². The number of nitrogens with two attached hydrogens (primary N) is 2. The number of nitrogens with one attached hydrogen (secondary N) is 4. The summed E-state index contributed by atoms with van der Waals surface area (Å²) in [6.45, 7) is 0.846. The molecule has 0 aromatic heterocycles. The predicted molar refractivity (Wildman–Crippen MR) is 117 cm³/mol. The molecule has 0 saturated heterocycles. The molecule has 4 atom stereocenters. The quantitative estimate of drug-likeness (QED) is 0.0858. The molecule has 0 aromatic rings. The van der Waals surface area contributed by atoms with Crippen LogP contribution >= 0.6 is 0 Å². The van der Waals surface area contributed by atoms with Crippen molar-refractivity contribution in [2.24, 2.45) is 11.5 Å². The second-order valence-electron chi connectivity index (χ2n) is 7.55.